The molecule has 1 heterocycles. The fraction of sp³-hybridized carbons (Fsp3) is 1.00. The van der Waals surface area contributed by atoms with E-state index in [0.29, 0.717) is 11.6 Å². The van der Waals surface area contributed by atoms with Gasteiger partial charge in [-0.15, -0.1) is 0 Å². The maximum absolute atomic E-state index is 5.88. The summed E-state index contributed by atoms with van der Waals surface area (Å²) in [7, 11) is 0. The molecule has 1 aliphatic heterocycles. The van der Waals surface area contributed by atoms with Gasteiger partial charge in [-0.2, -0.15) is 0 Å². The Morgan fingerprint density at radius 3 is 2.60 bits per heavy atom. The van der Waals surface area contributed by atoms with E-state index in [2.05, 4.69) is 5.32 Å². The Hall–Kier alpha value is -0.0800. The summed E-state index contributed by atoms with van der Waals surface area (Å²) in [6, 6.07) is 0.474. The van der Waals surface area contributed by atoms with E-state index in [4.69, 9.17) is 5.73 Å². The average Bonchev–Trinajstić information content (AvgIpc) is 1.85. The van der Waals surface area contributed by atoms with E-state index in [1.165, 1.54) is 32.1 Å². The Bertz CT molecular complexity index is 129. The van der Waals surface area contributed by atoms with Crippen LogP contribution in [0.5, 0.6) is 0 Å². The standard InChI is InChI=1S/C8H16N2/c9-7-2-5-10-8(6-7)3-1-4-8/h7,10H,1-6,9H2/t7-/m1/s1. The molecule has 2 rings (SSSR count). The van der Waals surface area contributed by atoms with Crippen molar-refractivity contribution in [3.63, 3.8) is 0 Å². The first kappa shape index (κ1) is 6.62. The summed E-state index contributed by atoms with van der Waals surface area (Å²) in [4.78, 5) is 0. The Balaban J connectivity index is 1.96. The topological polar surface area (TPSA) is 38.0 Å². The maximum Gasteiger partial charge on any atom is 0.0196 e. The van der Waals surface area contributed by atoms with Gasteiger partial charge in [0.1, 0.15) is 0 Å². The van der Waals surface area contributed by atoms with Crippen molar-refractivity contribution in [2.24, 2.45) is 5.73 Å². The van der Waals surface area contributed by atoms with Gasteiger partial charge in [-0.25, -0.2) is 0 Å². The smallest absolute Gasteiger partial charge is 0.0196 e. The molecule has 0 aromatic carbocycles. The molecule has 0 aromatic rings. The first-order valence-corrected chi connectivity index (χ1v) is 4.31. The Kier molecular flexibility index (Phi) is 1.46. The highest BCUT2D eigenvalue weighted by molar-refractivity contribution is 5.00. The molecule has 0 bridgehead atoms. The summed E-state index contributed by atoms with van der Waals surface area (Å²) in [6.07, 6.45) is 6.51. The molecule has 2 fully saturated rings. The van der Waals surface area contributed by atoms with Crippen LogP contribution in [0.15, 0.2) is 0 Å². The van der Waals surface area contributed by atoms with Crippen LogP contribution in [0, 0.1) is 0 Å². The third-order valence-corrected chi connectivity index (χ3v) is 2.98. The zero-order chi connectivity index (χ0) is 7.03. The van der Waals surface area contributed by atoms with Gasteiger partial charge in [-0.1, -0.05) is 0 Å². The minimum Gasteiger partial charge on any atom is -0.328 e. The van der Waals surface area contributed by atoms with E-state index in [0.717, 1.165) is 6.54 Å². The molecule has 0 aromatic heterocycles. The molecule has 1 saturated carbocycles. The van der Waals surface area contributed by atoms with E-state index in [1.807, 2.05) is 0 Å². The van der Waals surface area contributed by atoms with E-state index < -0.39 is 0 Å². The van der Waals surface area contributed by atoms with Crippen LogP contribution in [0.2, 0.25) is 0 Å². The SMILES string of the molecule is N[C@@H]1CCNC2(CCC2)C1. The van der Waals surface area contributed by atoms with Crippen molar-refractivity contribution in [3.8, 4) is 0 Å². The van der Waals surface area contributed by atoms with Gasteiger partial charge in [-0.3, -0.25) is 0 Å². The Morgan fingerprint density at radius 2 is 2.20 bits per heavy atom. The highest BCUT2D eigenvalue weighted by Gasteiger charge is 2.39. The minimum atomic E-state index is 0.474. The Morgan fingerprint density at radius 1 is 1.40 bits per heavy atom. The molecule has 1 saturated heterocycles. The molecular weight excluding hydrogens is 124 g/mol. The number of rotatable bonds is 0. The summed E-state index contributed by atoms with van der Waals surface area (Å²) in [5.74, 6) is 0. The average molecular weight is 140 g/mol. The fourth-order valence-corrected chi connectivity index (χ4v) is 2.18. The van der Waals surface area contributed by atoms with Gasteiger partial charge in [0.05, 0.1) is 0 Å². The van der Waals surface area contributed by atoms with Gasteiger partial charge in [-0.05, 0) is 38.6 Å². The lowest BCUT2D eigenvalue weighted by Gasteiger charge is -2.47. The van der Waals surface area contributed by atoms with Gasteiger partial charge in [0.2, 0.25) is 0 Å². The number of hydrogen-bond donors (Lipinski definition) is 2. The first-order chi connectivity index (χ1) is 4.81. The summed E-state index contributed by atoms with van der Waals surface area (Å²) in [6.45, 7) is 1.14. The van der Waals surface area contributed by atoms with E-state index in [1.54, 1.807) is 0 Å². The van der Waals surface area contributed by atoms with Crippen molar-refractivity contribution in [2.45, 2.75) is 43.7 Å². The molecule has 1 spiro atoms. The molecule has 2 aliphatic rings. The minimum absolute atomic E-state index is 0.474. The molecule has 10 heavy (non-hydrogen) atoms. The second kappa shape index (κ2) is 2.21. The van der Waals surface area contributed by atoms with Gasteiger partial charge in [0, 0.05) is 11.6 Å². The normalized spacial score (nSPS) is 37.5. The van der Waals surface area contributed by atoms with Gasteiger partial charge in [0.15, 0.2) is 0 Å². The lowest BCUT2D eigenvalue weighted by molar-refractivity contribution is 0.130. The number of piperidine rings is 1. The highest BCUT2D eigenvalue weighted by Crippen LogP contribution is 2.37. The summed E-state index contributed by atoms with van der Waals surface area (Å²) in [5.41, 5.74) is 6.38. The lowest BCUT2D eigenvalue weighted by Crippen LogP contribution is -2.58. The van der Waals surface area contributed by atoms with Gasteiger partial charge < -0.3 is 11.1 Å². The zero-order valence-corrected chi connectivity index (χ0v) is 6.40. The quantitative estimate of drug-likeness (QED) is 0.517. The summed E-state index contributed by atoms with van der Waals surface area (Å²) < 4.78 is 0. The van der Waals surface area contributed by atoms with Crippen LogP contribution in [-0.2, 0) is 0 Å². The van der Waals surface area contributed by atoms with Crippen LogP contribution < -0.4 is 11.1 Å². The summed E-state index contributed by atoms with van der Waals surface area (Å²) >= 11 is 0. The molecule has 0 unspecified atom stereocenters. The molecule has 1 aliphatic carbocycles. The number of nitrogens with two attached hydrogens (primary N) is 1. The molecule has 1 atom stereocenters. The van der Waals surface area contributed by atoms with Crippen LogP contribution in [0.3, 0.4) is 0 Å². The van der Waals surface area contributed by atoms with Crippen LogP contribution in [-0.4, -0.2) is 18.1 Å². The molecule has 58 valence electrons. The van der Waals surface area contributed by atoms with E-state index in [-0.39, 0.29) is 0 Å². The number of nitrogens with one attached hydrogen (secondary N) is 1. The van der Waals surface area contributed by atoms with Crippen LogP contribution in [0.4, 0.5) is 0 Å². The predicted octanol–water partition coefficient (Wildman–Crippen LogP) is 0.620. The van der Waals surface area contributed by atoms with Crippen molar-refractivity contribution in [2.75, 3.05) is 6.54 Å². The van der Waals surface area contributed by atoms with Crippen LogP contribution in [0.1, 0.15) is 32.1 Å². The second-order valence-corrected chi connectivity index (χ2v) is 3.81. The van der Waals surface area contributed by atoms with E-state index in [9.17, 15) is 0 Å². The Labute approximate surface area is 62.2 Å². The van der Waals surface area contributed by atoms with Crippen molar-refractivity contribution >= 4 is 0 Å². The van der Waals surface area contributed by atoms with Gasteiger partial charge >= 0.3 is 0 Å². The zero-order valence-electron chi connectivity index (χ0n) is 6.40. The van der Waals surface area contributed by atoms with Gasteiger partial charge in [0.25, 0.3) is 0 Å². The molecule has 2 heteroatoms. The van der Waals surface area contributed by atoms with Crippen molar-refractivity contribution in [3.05, 3.63) is 0 Å². The third-order valence-electron chi connectivity index (χ3n) is 2.98. The monoisotopic (exact) mass is 140 g/mol. The van der Waals surface area contributed by atoms with Crippen molar-refractivity contribution < 1.29 is 0 Å². The molecule has 2 nitrogen and oxygen atoms in total. The molecule has 3 N–H and O–H groups in total. The van der Waals surface area contributed by atoms with Crippen LogP contribution >= 0.6 is 0 Å². The molecular formula is C8H16N2. The summed E-state index contributed by atoms with van der Waals surface area (Å²) in [5, 5.41) is 3.58. The van der Waals surface area contributed by atoms with Crippen molar-refractivity contribution in [1.82, 2.24) is 5.32 Å². The second-order valence-electron chi connectivity index (χ2n) is 3.81. The fourth-order valence-electron chi connectivity index (χ4n) is 2.18. The molecule has 0 radical (unpaired) electrons. The lowest BCUT2D eigenvalue weighted by atomic mass is 9.70. The molecule has 0 amide bonds. The number of hydrogen-bond acceptors (Lipinski definition) is 2. The van der Waals surface area contributed by atoms with Crippen molar-refractivity contribution in [1.29, 1.82) is 0 Å². The largest absolute Gasteiger partial charge is 0.328 e. The van der Waals surface area contributed by atoms with E-state index >= 15 is 0 Å². The maximum atomic E-state index is 5.88. The first-order valence-electron chi connectivity index (χ1n) is 4.31. The van der Waals surface area contributed by atoms with Crippen LogP contribution in [0.25, 0.3) is 0 Å². The third kappa shape index (κ3) is 0.956. The predicted molar refractivity (Wildman–Crippen MR) is 41.8 cm³/mol. The highest BCUT2D eigenvalue weighted by atomic mass is 15.0.